The monoisotopic (exact) mass is 317 g/mol. The van der Waals surface area contributed by atoms with Gasteiger partial charge in [0, 0.05) is 30.6 Å². The number of carbonyl (C=O) groups is 1. The Morgan fingerprint density at radius 3 is 2.52 bits per heavy atom. The van der Waals surface area contributed by atoms with E-state index in [1.54, 1.807) is 18.2 Å². The molecule has 0 aliphatic carbocycles. The molecule has 1 fully saturated rings. The summed E-state index contributed by atoms with van der Waals surface area (Å²) >= 11 is 0. The van der Waals surface area contributed by atoms with Crippen molar-refractivity contribution >= 4 is 21.8 Å². The SMILES string of the molecule is COc1ccc(N2CC(CS(=O)(=O)F)CC2=O)cc1OC. The highest BCUT2D eigenvalue weighted by molar-refractivity contribution is 7.86. The molecule has 1 saturated heterocycles. The summed E-state index contributed by atoms with van der Waals surface area (Å²) in [4.78, 5) is 13.4. The zero-order chi connectivity index (χ0) is 15.6. The lowest BCUT2D eigenvalue weighted by atomic mass is 10.1. The fraction of sp³-hybridized carbons (Fsp3) is 0.462. The lowest BCUT2D eigenvalue weighted by Gasteiger charge is -2.18. The number of halogens is 1. The first-order valence-electron chi connectivity index (χ1n) is 6.28. The summed E-state index contributed by atoms with van der Waals surface area (Å²) in [5.74, 6) is -0.431. The molecule has 1 aliphatic heterocycles. The van der Waals surface area contributed by atoms with Gasteiger partial charge in [-0.3, -0.25) is 4.79 Å². The summed E-state index contributed by atoms with van der Waals surface area (Å²) in [6, 6.07) is 4.95. The number of hydrogen-bond donors (Lipinski definition) is 0. The van der Waals surface area contributed by atoms with E-state index in [4.69, 9.17) is 9.47 Å². The van der Waals surface area contributed by atoms with Crippen LogP contribution in [0.1, 0.15) is 6.42 Å². The number of carbonyl (C=O) groups excluding carboxylic acids is 1. The van der Waals surface area contributed by atoms with E-state index in [9.17, 15) is 17.1 Å². The predicted octanol–water partition coefficient (Wildman–Crippen LogP) is 1.36. The maximum absolute atomic E-state index is 12.7. The summed E-state index contributed by atoms with van der Waals surface area (Å²) in [6.07, 6.45) is 0.0114. The Kier molecular flexibility index (Phi) is 4.36. The van der Waals surface area contributed by atoms with Crippen LogP contribution in [0.15, 0.2) is 18.2 Å². The van der Waals surface area contributed by atoms with Crippen molar-refractivity contribution < 1.29 is 26.6 Å². The third-order valence-electron chi connectivity index (χ3n) is 3.32. The fourth-order valence-electron chi connectivity index (χ4n) is 2.42. The molecule has 8 heteroatoms. The van der Waals surface area contributed by atoms with Crippen molar-refractivity contribution in [2.24, 2.45) is 5.92 Å². The summed E-state index contributed by atoms with van der Waals surface area (Å²) in [6.45, 7) is 0.164. The third-order valence-corrected chi connectivity index (χ3v) is 4.19. The lowest BCUT2D eigenvalue weighted by molar-refractivity contribution is -0.117. The Morgan fingerprint density at radius 1 is 1.29 bits per heavy atom. The normalized spacial score (nSPS) is 18.9. The fourth-order valence-corrected chi connectivity index (χ4v) is 3.20. The van der Waals surface area contributed by atoms with Gasteiger partial charge in [-0.15, -0.1) is 3.89 Å². The first kappa shape index (κ1) is 15.6. The zero-order valence-corrected chi connectivity index (χ0v) is 12.5. The molecule has 1 heterocycles. The summed E-state index contributed by atoms with van der Waals surface area (Å²) < 4.78 is 44.4. The van der Waals surface area contributed by atoms with Crippen molar-refractivity contribution in [3.63, 3.8) is 0 Å². The van der Waals surface area contributed by atoms with E-state index < -0.39 is 21.9 Å². The molecule has 6 nitrogen and oxygen atoms in total. The van der Waals surface area contributed by atoms with E-state index in [0.717, 1.165) is 0 Å². The Labute approximate surface area is 122 Å². The second-order valence-corrected chi connectivity index (χ2v) is 6.23. The van der Waals surface area contributed by atoms with Crippen LogP contribution in [0.25, 0.3) is 0 Å². The zero-order valence-electron chi connectivity index (χ0n) is 11.7. The molecule has 21 heavy (non-hydrogen) atoms. The largest absolute Gasteiger partial charge is 0.493 e. The van der Waals surface area contributed by atoms with Crippen LogP contribution in [-0.4, -0.2) is 40.8 Å². The van der Waals surface area contributed by atoms with Crippen LogP contribution in [0.4, 0.5) is 9.57 Å². The lowest BCUT2D eigenvalue weighted by Crippen LogP contribution is -2.25. The van der Waals surface area contributed by atoms with Crippen LogP contribution in [0.3, 0.4) is 0 Å². The molecule has 1 aliphatic rings. The molecule has 1 aromatic rings. The first-order chi connectivity index (χ1) is 9.84. The Hall–Kier alpha value is -1.83. The second kappa shape index (κ2) is 5.88. The van der Waals surface area contributed by atoms with Gasteiger partial charge in [0.25, 0.3) is 0 Å². The van der Waals surface area contributed by atoms with Crippen molar-refractivity contribution in [1.82, 2.24) is 0 Å². The molecule has 2 rings (SSSR count). The minimum absolute atomic E-state index is 0.0114. The van der Waals surface area contributed by atoms with Crippen LogP contribution >= 0.6 is 0 Å². The summed E-state index contributed by atoms with van der Waals surface area (Å²) in [5, 5.41) is 0. The molecule has 116 valence electrons. The predicted molar refractivity (Wildman–Crippen MR) is 74.9 cm³/mol. The third kappa shape index (κ3) is 3.63. The summed E-state index contributed by atoms with van der Waals surface area (Å²) in [5.41, 5.74) is 0.566. The maximum atomic E-state index is 12.7. The number of ether oxygens (including phenoxy) is 2. The number of nitrogens with zero attached hydrogens (tertiary/aromatic N) is 1. The minimum atomic E-state index is -4.58. The highest BCUT2D eigenvalue weighted by Gasteiger charge is 2.33. The van der Waals surface area contributed by atoms with E-state index >= 15 is 0 Å². The molecule has 0 radical (unpaired) electrons. The molecular formula is C13H16FNO5S. The van der Waals surface area contributed by atoms with Gasteiger partial charge in [-0.25, -0.2) is 0 Å². The van der Waals surface area contributed by atoms with E-state index in [1.165, 1.54) is 19.1 Å². The number of amides is 1. The van der Waals surface area contributed by atoms with Gasteiger partial charge >= 0.3 is 10.2 Å². The van der Waals surface area contributed by atoms with Crippen LogP contribution in [-0.2, 0) is 15.0 Å². The minimum Gasteiger partial charge on any atom is -0.493 e. The van der Waals surface area contributed by atoms with Crippen molar-refractivity contribution in [1.29, 1.82) is 0 Å². The van der Waals surface area contributed by atoms with Gasteiger partial charge in [0.1, 0.15) is 0 Å². The topological polar surface area (TPSA) is 72.9 Å². The van der Waals surface area contributed by atoms with Crippen molar-refractivity contribution in [3.8, 4) is 11.5 Å². The van der Waals surface area contributed by atoms with E-state index in [1.807, 2.05) is 0 Å². The van der Waals surface area contributed by atoms with Gasteiger partial charge in [0.2, 0.25) is 5.91 Å². The van der Waals surface area contributed by atoms with Crippen LogP contribution in [0.2, 0.25) is 0 Å². The molecule has 0 saturated carbocycles. The Bertz CT molecular complexity index is 646. The quantitative estimate of drug-likeness (QED) is 0.767. The molecule has 0 bridgehead atoms. The Morgan fingerprint density at radius 2 is 1.95 bits per heavy atom. The average molecular weight is 317 g/mol. The molecule has 1 atom stereocenters. The van der Waals surface area contributed by atoms with Crippen molar-refractivity contribution in [2.45, 2.75) is 6.42 Å². The molecule has 0 spiro atoms. The molecule has 0 N–H and O–H groups in total. The number of benzene rings is 1. The van der Waals surface area contributed by atoms with Crippen molar-refractivity contribution in [2.75, 3.05) is 31.4 Å². The van der Waals surface area contributed by atoms with Crippen LogP contribution < -0.4 is 14.4 Å². The Balaban J connectivity index is 2.21. The van der Waals surface area contributed by atoms with Gasteiger partial charge in [0.05, 0.1) is 20.0 Å². The summed E-state index contributed by atoms with van der Waals surface area (Å²) in [7, 11) is -1.60. The molecular weight excluding hydrogens is 301 g/mol. The molecule has 1 unspecified atom stereocenters. The van der Waals surface area contributed by atoms with Crippen LogP contribution in [0, 0.1) is 5.92 Å². The first-order valence-corrected chi connectivity index (χ1v) is 7.84. The van der Waals surface area contributed by atoms with E-state index in [0.29, 0.717) is 17.2 Å². The van der Waals surface area contributed by atoms with Crippen molar-refractivity contribution in [3.05, 3.63) is 18.2 Å². The van der Waals surface area contributed by atoms with E-state index in [2.05, 4.69) is 0 Å². The number of methoxy groups -OCH3 is 2. The standard InChI is InChI=1S/C13H16FNO5S/c1-19-11-4-3-10(6-12(11)20-2)15-7-9(5-13(15)16)8-21(14,17)18/h3-4,6,9H,5,7-8H2,1-2H3. The van der Waals surface area contributed by atoms with Gasteiger partial charge in [-0.05, 0) is 12.1 Å². The molecule has 0 aromatic heterocycles. The average Bonchev–Trinajstić information content (AvgIpc) is 2.76. The van der Waals surface area contributed by atoms with Gasteiger partial charge in [0.15, 0.2) is 11.5 Å². The van der Waals surface area contributed by atoms with E-state index in [-0.39, 0.29) is 18.9 Å². The number of anilines is 1. The smallest absolute Gasteiger partial charge is 0.302 e. The second-order valence-electron chi connectivity index (χ2n) is 4.82. The molecule has 1 amide bonds. The maximum Gasteiger partial charge on any atom is 0.302 e. The van der Waals surface area contributed by atoms with Crippen LogP contribution in [0.5, 0.6) is 11.5 Å². The molecule has 1 aromatic carbocycles. The number of rotatable bonds is 5. The van der Waals surface area contributed by atoms with Gasteiger partial charge in [-0.2, -0.15) is 8.42 Å². The highest BCUT2D eigenvalue weighted by atomic mass is 32.3. The van der Waals surface area contributed by atoms with Gasteiger partial charge < -0.3 is 14.4 Å². The number of hydrogen-bond acceptors (Lipinski definition) is 5. The van der Waals surface area contributed by atoms with Gasteiger partial charge in [-0.1, -0.05) is 0 Å². The highest BCUT2D eigenvalue weighted by Crippen LogP contribution is 2.34.